The van der Waals surface area contributed by atoms with Gasteiger partial charge in [-0.1, -0.05) is 42.4 Å². The van der Waals surface area contributed by atoms with Crippen LogP contribution in [0.3, 0.4) is 0 Å². The van der Waals surface area contributed by atoms with Gasteiger partial charge < -0.3 is 0 Å². The largest absolute Gasteiger partial charge is 0.0901 e. The van der Waals surface area contributed by atoms with Crippen molar-refractivity contribution >= 4 is 23.4 Å². The summed E-state index contributed by atoms with van der Waals surface area (Å²) >= 11 is 7.78. The molecule has 88 valence electrons. The summed E-state index contributed by atoms with van der Waals surface area (Å²) in [5, 5.41) is 0.829. The van der Waals surface area contributed by atoms with Crippen LogP contribution in [-0.2, 0) is 6.42 Å². The zero-order valence-corrected chi connectivity index (χ0v) is 11.6. The van der Waals surface area contributed by atoms with E-state index >= 15 is 0 Å². The van der Waals surface area contributed by atoms with Crippen molar-refractivity contribution in [2.45, 2.75) is 30.1 Å². The van der Waals surface area contributed by atoms with Crippen molar-refractivity contribution in [3.8, 4) is 0 Å². The molecule has 0 aliphatic rings. The second-order valence-corrected chi connectivity index (χ2v) is 5.56. The van der Waals surface area contributed by atoms with Gasteiger partial charge in [-0.25, -0.2) is 0 Å². The molecule has 0 aliphatic carbocycles. The summed E-state index contributed by atoms with van der Waals surface area (Å²) < 4.78 is 0. The molecule has 0 amide bonds. The van der Waals surface area contributed by atoms with E-state index in [-0.39, 0.29) is 0 Å². The number of hydrogen-bond acceptors (Lipinski definition) is 1. The molecule has 2 rings (SSSR count). The molecule has 0 spiro atoms. The molecule has 0 saturated heterocycles. The van der Waals surface area contributed by atoms with Crippen molar-refractivity contribution in [3.05, 3.63) is 58.6 Å². The van der Waals surface area contributed by atoms with Gasteiger partial charge in [0.25, 0.3) is 0 Å². The first kappa shape index (κ1) is 12.5. The highest BCUT2D eigenvalue weighted by atomic mass is 35.5. The Bertz CT molecular complexity index is 503. The molecule has 0 N–H and O–H groups in total. The molecule has 0 aliphatic heterocycles. The van der Waals surface area contributed by atoms with E-state index in [1.807, 2.05) is 13.0 Å². The van der Waals surface area contributed by atoms with Crippen molar-refractivity contribution in [2.24, 2.45) is 0 Å². The quantitative estimate of drug-likeness (QED) is 0.717. The van der Waals surface area contributed by atoms with Gasteiger partial charge in [0.15, 0.2) is 0 Å². The Morgan fingerprint density at radius 1 is 1.00 bits per heavy atom. The second kappa shape index (κ2) is 5.61. The summed E-state index contributed by atoms with van der Waals surface area (Å²) in [7, 11) is 0. The van der Waals surface area contributed by atoms with E-state index in [1.54, 1.807) is 11.8 Å². The van der Waals surface area contributed by atoms with Crippen LogP contribution in [0, 0.1) is 6.92 Å². The summed E-state index contributed by atoms with van der Waals surface area (Å²) in [5.41, 5.74) is 2.50. The van der Waals surface area contributed by atoms with Crippen molar-refractivity contribution < 1.29 is 0 Å². The summed E-state index contributed by atoms with van der Waals surface area (Å²) in [6.45, 7) is 4.21. The predicted octanol–water partition coefficient (Wildman–Crippen LogP) is 5.36. The highest BCUT2D eigenvalue weighted by Crippen LogP contribution is 2.30. The van der Waals surface area contributed by atoms with E-state index in [0.29, 0.717) is 0 Å². The third-order valence-corrected chi connectivity index (χ3v) is 4.12. The first-order valence-electron chi connectivity index (χ1n) is 5.72. The molecule has 0 radical (unpaired) electrons. The van der Waals surface area contributed by atoms with Crippen molar-refractivity contribution in [1.82, 2.24) is 0 Å². The number of aryl methyl sites for hydroxylation is 2. The molecule has 17 heavy (non-hydrogen) atoms. The third-order valence-electron chi connectivity index (χ3n) is 2.70. The fourth-order valence-corrected chi connectivity index (χ4v) is 2.64. The van der Waals surface area contributed by atoms with Gasteiger partial charge in [0.05, 0.1) is 0 Å². The fourth-order valence-electron chi connectivity index (χ4n) is 1.61. The SMILES string of the molecule is CCc1ccc(Sc2ccc(Cl)c(C)c2)cc1. The Morgan fingerprint density at radius 2 is 1.65 bits per heavy atom. The van der Waals surface area contributed by atoms with Crippen molar-refractivity contribution in [2.75, 3.05) is 0 Å². The number of hydrogen-bond donors (Lipinski definition) is 0. The molecule has 0 saturated carbocycles. The van der Waals surface area contributed by atoms with Crippen LogP contribution < -0.4 is 0 Å². The Balaban J connectivity index is 2.16. The third kappa shape index (κ3) is 3.27. The maximum absolute atomic E-state index is 6.01. The zero-order chi connectivity index (χ0) is 12.3. The number of rotatable bonds is 3. The van der Waals surface area contributed by atoms with Gasteiger partial charge in [0, 0.05) is 14.8 Å². The van der Waals surface area contributed by atoms with Crippen molar-refractivity contribution in [3.63, 3.8) is 0 Å². The molecule has 0 heterocycles. The molecular formula is C15H15ClS. The lowest BCUT2D eigenvalue weighted by molar-refractivity contribution is 1.13. The standard InChI is InChI=1S/C15H15ClS/c1-3-12-4-6-13(7-5-12)17-14-8-9-15(16)11(2)10-14/h4-10H,3H2,1-2H3. The Labute approximate surface area is 112 Å². The zero-order valence-electron chi connectivity index (χ0n) is 10.0. The first-order chi connectivity index (χ1) is 8.19. The molecule has 0 aromatic heterocycles. The molecule has 0 atom stereocenters. The molecule has 0 unspecified atom stereocenters. The van der Waals surface area contributed by atoms with Crippen LogP contribution in [-0.4, -0.2) is 0 Å². The second-order valence-electron chi connectivity index (χ2n) is 4.01. The van der Waals surface area contributed by atoms with Crippen LogP contribution in [0.5, 0.6) is 0 Å². The smallest absolute Gasteiger partial charge is 0.0435 e. The van der Waals surface area contributed by atoms with Crippen LogP contribution in [0.15, 0.2) is 52.3 Å². The van der Waals surface area contributed by atoms with Gasteiger partial charge in [0.2, 0.25) is 0 Å². The van der Waals surface area contributed by atoms with E-state index in [1.165, 1.54) is 15.4 Å². The summed E-state index contributed by atoms with van der Waals surface area (Å²) in [6.07, 6.45) is 1.09. The van der Waals surface area contributed by atoms with Crippen LogP contribution in [0.25, 0.3) is 0 Å². The lowest BCUT2D eigenvalue weighted by atomic mass is 10.2. The number of halogens is 1. The molecule has 2 aromatic carbocycles. The van der Waals surface area contributed by atoms with Crippen LogP contribution in [0.2, 0.25) is 5.02 Å². The highest BCUT2D eigenvalue weighted by molar-refractivity contribution is 7.99. The monoisotopic (exact) mass is 262 g/mol. The van der Waals surface area contributed by atoms with Crippen molar-refractivity contribution in [1.29, 1.82) is 0 Å². The molecule has 0 nitrogen and oxygen atoms in total. The summed E-state index contributed by atoms with van der Waals surface area (Å²) in [6, 6.07) is 14.9. The average molecular weight is 263 g/mol. The van der Waals surface area contributed by atoms with E-state index in [2.05, 4.69) is 43.3 Å². The molecule has 2 aromatic rings. The van der Waals surface area contributed by atoms with Gasteiger partial charge in [-0.2, -0.15) is 0 Å². The maximum atomic E-state index is 6.01. The van der Waals surface area contributed by atoms with Gasteiger partial charge in [-0.05, 0) is 54.8 Å². The minimum atomic E-state index is 0.829. The Hall–Kier alpha value is -0.920. The van der Waals surface area contributed by atoms with Gasteiger partial charge in [-0.3, -0.25) is 0 Å². The molecule has 0 bridgehead atoms. The summed E-state index contributed by atoms with van der Waals surface area (Å²) in [5.74, 6) is 0. The molecule has 2 heteroatoms. The lowest BCUT2D eigenvalue weighted by Gasteiger charge is -2.05. The Morgan fingerprint density at radius 3 is 2.24 bits per heavy atom. The van der Waals surface area contributed by atoms with E-state index in [0.717, 1.165) is 17.0 Å². The van der Waals surface area contributed by atoms with Crippen LogP contribution >= 0.6 is 23.4 Å². The van der Waals surface area contributed by atoms with Gasteiger partial charge in [0.1, 0.15) is 0 Å². The predicted molar refractivity (Wildman–Crippen MR) is 76.1 cm³/mol. The molecule has 0 fully saturated rings. The average Bonchev–Trinajstić information content (AvgIpc) is 2.35. The number of benzene rings is 2. The molecular weight excluding hydrogens is 248 g/mol. The highest BCUT2D eigenvalue weighted by Gasteiger charge is 2.00. The van der Waals surface area contributed by atoms with Crippen LogP contribution in [0.1, 0.15) is 18.1 Å². The van der Waals surface area contributed by atoms with Gasteiger partial charge in [-0.15, -0.1) is 0 Å². The van der Waals surface area contributed by atoms with Gasteiger partial charge >= 0.3 is 0 Å². The Kier molecular flexibility index (Phi) is 4.14. The summed E-state index contributed by atoms with van der Waals surface area (Å²) in [4.78, 5) is 2.50. The normalized spacial score (nSPS) is 10.5. The topological polar surface area (TPSA) is 0 Å². The lowest BCUT2D eigenvalue weighted by Crippen LogP contribution is -1.80. The van der Waals surface area contributed by atoms with E-state index < -0.39 is 0 Å². The minimum absolute atomic E-state index is 0.829. The van der Waals surface area contributed by atoms with Crippen LogP contribution in [0.4, 0.5) is 0 Å². The first-order valence-corrected chi connectivity index (χ1v) is 6.91. The van der Waals surface area contributed by atoms with E-state index in [9.17, 15) is 0 Å². The fraction of sp³-hybridized carbons (Fsp3) is 0.200. The van der Waals surface area contributed by atoms with E-state index in [4.69, 9.17) is 11.6 Å². The minimum Gasteiger partial charge on any atom is -0.0901 e. The maximum Gasteiger partial charge on any atom is 0.0435 e.